The van der Waals surface area contributed by atoms with Gasteiger partial charge in [-0.25, -0.2) is 0 Å². The standard InChI is InChI=1S/C20H16N3O3.C2H5O.K/c1-25-20(23)15(10-21)12-6-8-13(9-7-12)18(22)19(24)16-11-26-17-5-3-2-4-14(16)17;1-2-3;/h2-8,10-11,21,23H,22H2,1H3;3H,1-2H2;/q2*-1;+1/b15-12+,18-13-,21-10?,23-20?;;. The predicted octanol–water partition coefficient (Wildman–Crippen LogP) is -1.58. The van der Waals surface area contributed by atoms with Gasteiger partial charge in [0.2, 0.25) is 5.90 Å². The minimum atomic E-state index is -0.347. The van der Waals surface area contributed by atoms with Crippen LogP contribution in [0.4, 0.5) is 0 Å². The Morgan fingerprint density at radius 2 is 2.00 bits per heavy atom. The molecule has 0 atom stereocenters. The topological polar surface area (TPSA) is 133 Å². The van der Waals surface area contributed by atoms with E-state index in [-0.39, 0.29) is 75.4 Å². The van der Waals surface area contributed by atoms with E-state index in [1.165, 1.54) is 13.4 Å². The average Bonchev–Trinajstić information content (AvgIpc) is 3.18. The van der Waals surface area contributed by atoms with Gasteiger partial charge in [-0.3, -0.25) is 10.2 Å². The molecule has 0 aliphatic rings. The summed E-state index contributed by atoms with van der Waals surface area (Å²) in [4.78, 5) is 12.7. The number of nitrogens with two attached hydrogens (primary N) is 1. The van der Waals surface area contributed by atoms with E-state index in [1.807, 2.05) is 12.1 Å². The molecule has 150 valence electrons. The normalized spacial score (nSPS) is 12.0. The number of carbonyl (C=O) groups is 1. The van der Waals surface area contributed by atoms with Gasteiger partial charge in [0.1, 0.15) is 11.8 Å². The van der Waals surface area contributed by atoms with E-state index < -0.39 is 0 Å². The Morgan fingerprint density at radius 1 is 1.33 bits per heavy atom. The number of aliphatic hydroxyl groups is 1. The van der Waals surface area contributed by atoms with Crippen molar-refractivity contribution >= 4 is 40.1 Å². The molecule has 7 nitrogen and oxygen atoms in total. The van der Waals surface area contributed by atoms with Gasteiger partial charge in [-0.2, -0.15) is 0 Å². The van der Waals surface area contributed by atoms with Crippen LogP contribution in [0.15, 0.2) is 53.1 Å². The first kappa shape index (κ1) is 26.0. The second-order valence-corrected chi connectivity index (χ2v) is 5.69. The van der Waals surface area contributed by atoms with Crippen LogP contribution >= 0.6 is 0 Å². The molecule has 0 bridgehead atoms. The van der Waals surface area contributed by atoms with Gasteiger partial charge in [0.15, 0.2) is 5.78 Å². The number of para-hydroxylation sites is 1. The number of aliphatic hydroxyl groups excluding tert-OH is 1. The molecular formula is C22H21KN3O4-. The average molecular weight is 431 g/mol. The number of nitrogens with one attached hydrogen (secondary N) is 2. The summed E-state index contributed by atoms with van der Waals surface area (Å²) in [5.41, 5.74) is 7.40. The first-order chi connectivity index (χ1) is 14.0. The van der Waals surface area contributed by atoms with Gasteiger partial charge in [-0.1, -0.05) is 30.0 Å². The number of furan rings is 1. The van der Waals surface area contributed by atoms with Crippen LogP contribution in [-0.2, 0) is 4.74 Å². The van der Waals surface area contributed by atoms with Gasteiger partial charge in [-0.05, 0) is 6.07 Å². The molecule has 30 heavy (non-hydrogen) atoms. The molecule has 2 aromatic carbocycles. The van der Waals surface area contributed by atoms with Crippen LogP contribution in [0.1, 0.15) is 10.4 Å². The molecule has 1 heterocycles. The molecule has 0 spiro atoms. The molecule has 0 aliphatic heterocycles. The van der Waals surface area contributed by atoms with E-state index >= 15 is 0 Å². The molecule has 0 aliphatic carbocycles. The van der Waals surface area contributed by atoms with Crippen molar-refractivity contribution in [1.82, 2.24) is 0 Å². The van der Waals surface area contributed by atoms with E-state index in [0.717, 1.165) is 6.21 Å². The maximum Gasteiger partial charge on any atom is 1.00 e. The van der Waals surface area contributed by atoms with Gasteiger partial charge in [0.25, 0.3) is 0 Å². The molecule has 0 amide bonds. The zero-order valence-electron chi connectivity index (χ0n) is 16.9. The quantitative estimate of drug-likeness (QED) is 0.130. The van der Waals surface area contributed by atoms with Crippen molar-refractivity contribution in [2.75, 3.05) is 13.7 Å². The summed E-state index contributed by atoms with van der Waals surface area (Å²) in [5.74, 6) is -0.473. The van der Waals surface area contributed by atoms with Gasteiger partial charge >= 0.3 is 51.4 Å². The zero-order chi connectivity index (χ0) is 21.4. The summed E-state index contributed by atoms with van der Waals surface area (Å²) < 4.78 is 10.2. The number of hydrogen-bond donors (Lipinski definition) is 4. The van der Waals surface area contributed by atoms with E-state index in [2.05, 4.69) is 13.0 Å². The van der Waals surface area contributed by atoms with Crippen molar-refractivity contribution < 1.29 is 70.4 Å². The molecule has 5 N–H and O–H groups in total. The number of ether oxygens (including phenoxy) is 1. The Morgan fingerprint density at radius 3 is 2.57 bits per heavy atom. The number of fused-ring (bicyclic) bond motifs is 1. The molecular weight excluding hydrogens is 409 g/mol. The van der Waals surface area contributed by atoms with E-state index in [4.69, 9.17) is 30.8 Å². The van der Waals surface area contributed by atoms with E-state index in [1.54, 1.807) is 30.3 Å². The number of methoxy groups -OCH3 is 1. The van der Waals surface area contributed by atoms with Crippen molar-refractivity contribution in [3.63, 3.8) is 0 Å². The molecule has 8 heteroatoms. The summed E-state index contributed by atoms with van der Waals surface area (Å²) >= 11 is 0. The largest absolute Gasteiger partial charge is 1.00 e. The molecule has 0 saturated heterocycles. The van der Waals surface area contributed by atoms with Crippen LogP contribution in [0.2, 0.25) is 0 Å². The van der Waals surface area contributed by atoms with Crippen molar-refractivity contribution in [3.8, 4) is 0 Å². The Balaban J connectivity index is 0.00000106. The van der Waals surface area contributed by atoms with E-state index in [0.29, 0.717) is 32.5 Å². The molecule has 3 aromatic rings. The second-order valence-electron chi connectivity index (χ2n) is 5.69. The third kappa shape index (κ3) is 5.97. The number of benzene rings is 2. The third-order valence-electron chi connectivity index (χ3n) is 3.98. The Hall–Kier alpha value is -2.07. The van der Waals surface area contributed by atoms with Crippen molar-refractivity contribution in [2.45, 2.75) is 0 Å². The Bertz CT molecular complexity index is 1150. The van der Waals surface area contributed by atoms with Crippen LogP contribution in [0.5, 0.6) is 0 Å². The monoisotopic (exact) mass is 430 g/mol. The number of Topliss-reactive ketones (excluding diaryl/α,β-unsaturated/α-hetero) is 1. The Kier molecular flexibility index (Phi) is 10.9. The van der Waals surface area contributed by atoms with Crippen molar-refractivity contribution in [1.29, 1.82) is 10.8 Å². The molecule has 0 saturated carbocycles. The zero-order valence-corrected chi connectivity index (χ0v) is 20.0. The van der Waals surface area contributed by atoms with Gasteiger partial charge in [-0.15, -0.1) is 29.5 Å². The first-order valence-corrected chi connectivity index (χ1v) is 8.54. The van der Waals surface area contributed by atoms with Crippen LogP contribution in [0.25, 0.3) is 22.2 Å². The minimum absolute atomic E-state index is 0. The van der Waals surface area contributed by atoms with Gasteiger partial charge < -0.3 is 32.3 Å². The maximum atomic E-state index is 12.7. The van der Waals surface area contributed by atoms with Crippen molar-refractivity contribution in [2.24, 2.45) is 5.73 Å². The summed E-state index contributed by atoms with van der Waals surface area (Å²) in [5, 5.41) is 24.3. The first-order valence-electron chi connectivity index (χ1n) is 8.54. The summed E-state index contributed by atoms with van der Waals surface area (Å²) in [6, 6.07) is 15.0. The second kappa shape index (κ2) is 12.6. The molecule has 0 radical (unpaired) electrons. The minimum Gasteiger partial charge on any atom is -0.481 e. The van der Waals surface area contributed by atoms with E-state index in [9.17, 15) is 4.79 Å². The molecule has 0 unspecified atom stereocenters. The molecule has 1 aromatic heterocycles. The van der Waals surface area contributed by atoms with Crippen LogP contribution in [0, 0.1) is 23.8 Å². The predicted molar refractivity (Wildman–Crippen MR) is 112 cm³/mol. The fourth-order valence-corrected chi connectivity index (χ4v) is 2.57. The number of rotatable bonds is 4. The SMILES string of the molecule is COC(=N)/C(C=N)=c1/c[c-]/c(=C(\N)C(=O)c2coc3ccccc23)cc1.[CH2-]CO.[K+]. The van der Waals surface area contributed by atoms with Crippen LogP contribution in [0.3, 0.4) is 0 Å². The number of ketones is 1. The molecule has 0 fully saturated rings. The summed E-state index contributed by atoms with van der Waals surface area (Å²) in [6.45, 7) is 3.04. The van der Waals surface area contributed by atoms with Crippen LogP contribution < -0.4 is 67.6 Å². The number of carbonyl (C=O) groups excluding carboxylic acids is 1. The Labute approximate surface area is 216 Å². The van der Waals surface area contributed by atoms with Gasteiger partial charge in [0, 0.05) is 22.9 Å². The summed E-state index contributed by atoms with van der Waals surface area (Å²) in [6.07, 6.45) is 2.43. The fraction of sp³-hybridized carbons (Fsp3) is 0.0909. The fourth-order valence-electron chi connectivity index (χ4n) is 2.57. The third-order valence-corrected chi connectivity index (χ3v) is 3.98. The maximum absolute atomic E-state index is 12.7. The summed E-state index contributed by atoms with van der Waals surface area (Å²) in [7, 11) is 1.36. The van der Waals surface area contributed by atoms with Crippen molar-refractivity contribution in [3.05, 3.63) is 77.7 Å². The molecule has 3 rings (SSSR count). The van der Waals surface area contributed by atoms with Gasteiger partial charge in [0.05, 0.1) is 12.7 Å². The smallest absolute Gasteiger partial charge is 0.481 e. The number of hydrogen-bond acceptors (Lipinski definition) is 7. The van der Waals surface area contributed by atoms with Crippen LogP contribution in [-0.4, -0.2) is 36.7 Å².